The number of aromatic nitrogens is 2. The maximum atomic E-state index is 9.40. The van der Waals surface area contributed by atoms with Crippen LogP contribution in [-0.4, -0.2) is 34.5 Å². The molecule has 1 saturated heterocycles. The lowest BCUT2D eigenvalue weighted by Crippen LogP contribution is -2.20. The monoisotopic (exact) mass is 250 g/mol. The largest absolute Gasteiger partial charge is 0.394 e. The maximum Gasteiger partial charge on any atom is 0.109 e. The van der Waals surface area contributed by atoms with Crippen molar-refractivity contribution in [2.75, 3.05) is 19.8 Å². The third kappa shape index (κ3) is 2.45. The van der Waals surface area contributed by atoms with Crippen molar-refractivity contribution < 1.29 is 9.84 Å². The first kappa shape index (κ1) is 12.2. The van der Waals surface area contributed by atoms with E-state index in [9.17, 15) is 5.11 Å². The third-order valence-electron chi connectivity index (χ3n) is 4.15. The second kappa shape index (κ2) is 5.41. The molecule has 1 N–H and O–H groups in total. The fourth-order valence-electron chi connectivity index (χ4n) is 3.17. The molecule has 2 unspecified atom stereocenters. The molecule has 2 aliphatic rings. The van der Waals surface area contributed by atoms with Gasteiger partial charge in [-0.05, 0) is 38.0 Å². The minimum atomic E-state index is 0.231. The van der Waals surface area contributed by atoms with Crippen LogP contribution < -0.4 is 0 Å². The van der Waals surface area contributed by atoms with Crippen molar-refractivity contribution in [3.8, 4) is 0 Å². The van der Waals surface area contributed by atoms with E-state index in [0.29, 0.717) is 5.92 Å². The van der Waals surface area contributed by atoms with Gasteiger partial charge in [0.25, 0.3) is 0 Å². The van der Waals surface area contributed by atoms with Gasteiger partial charge in [-0.1, -0.05) is 0 Å². The standard InChI is InChI=1S/C14H22N2O2/c17-9-13-4-1-5-14-15-12(8-16(13)14)7-11-3-2-6-18-10-11/h8,11,13,17H,1-7,9-10H2. The SMILES string of the molecule is OCC1CCCc2nc(CC3CCCOC3)cn21. The van der Waals surface area contributed by atoms with Crippen LogP contribution in [0.4, 0.5) is 0 Å². The van der Waals surface area contributed by atoms with Crippen LogP contribution in [0, 0.1) is 5.92 Å². The first-order chi connectivity index (χ1) is 8.86. The fourth-order valence-corrected chi connectivity index (χ4v) is 3.17. The molecular formula is C14H22N2O2. The molecule has 100 valence electrons. The molecule has 4 nitrogen and oxygen atoms in total. The summed E-state index contributed by atoms with van der Waals surface area (Å²) in [7, 11) is 0. The molecule has 3 heterocycles. The van der Waals surface area contributed by atoms with Gasteiger partial charge in [0.2, 0.25) is 0 Å². The molecule has 0 saturated carbocycles. The topological polar surface area (TPSA) is 47.3 Å². The summed E-state index contributed by atoms with van der Waals surface area (Å²) in [6.45, 7) is 2.03. The summed E-state index contributed by atoms with van der Waals surface area (Å²) in [5.41, 5.74) is 1.18. The van der Waals surface area contributed by atoms with Crippen LogP contribution in [0.2, 0.25) is 0 Å². The molecule has 0 radical (unpaired) electrons. The Morgan fingerprint density at radius 3 is 3.11 bits per heavy atom. The summed E-state index contributed by atoms with van der Waals surface area (Å²) in [4.78, 5) is 4.74. The van der Waals surface area contributed by atoms with Crippen LogP contribution in [-0.2, 0) is 17.6 Å². The van der Waals surface area contributed by atoms with E-state index >= 15 is 0 Å². The molecule has 4 heteroatoms. The molecule has 1 aromatic heterocycles. The normalized spacial score (nSPS) is 28.1. The number of imidazole rings is 1. The van der Waals surface area contributed by atoms with Crippen LogP contribution in [0.1, 0.15) is 43.2 Å². The quantitative estimate of drug-likeness (QED) is 0.888. The highest BCUT2D eigenvalue weighted by Crippen LogP contribution is 2.26. The highest BCUT2D eigenvalue weighted by molar-refractivity contribution is 5.09. The Morgan fingerprint density at radius 2 is 2.33 bits per heavy atom. The summed E-state index contributed by atoms with van der Waals surface area (Å²) in [5, 5.41) is 9.40. The zero-order valence-electron chi connectivity index (χ0n) is 10.8. The van der Waals surface area contributed by atoms with Gasteiger partial charge in [-0.2, -0.15) is 0 Å². The van der Waals surface area contributed by atoms with E-state index in [4.69, 9.17) is 9.72 Å². The number of fused-ring (bicyclic) bond motifs is 1. The predicted molar refractivity (Wildman–Crippen MR) is 68.5 cm³/mol. The van der Waals surface area contributed by atoms with Crippen molar-refractivity contribution in [1.29, 1.82) is 0 Å². The summed E-state index contributed by atoms with van der Waals surface area (Å²) in [6.07, 6.45) is 8.89. The average Bonchev–Trinajstić information content (AvgIpc) is 2.82. The molecule has 18 heavy (non-hydrogen) atoms. The highest BCUT2D eigenvalue weighted by atomic mass is 16.5. The van der Waals surface area contributed by atoms with Crippen molar-refractivity contribution in [2.45, 2.75) is 44.6 Å². The van der Waals surface area contributed by atoms with E-state index in [1.807, 2.05) is 0 Å². The minimum absolute atomic E-state index is 0.231. The molecule has 3 rings (SSSR count). The van der Waals surface area contributed by atoms with Gasteiger partial charge in [-0.15, -0.1) is 0 Å². The van der Waals surface area contributed by atoms with Crippen molar-refractivity contribution >= 4 is 0 Å². The van der Waals surface area contributed by atoms with Gasteiger partial charge in [-0.25, -0.2) is 4.98 Å². The zero-order chi connectivity index (χ0) is 12.4. The van der Waals surface area contributed by atoms with Crippen molar-refractivity contribution in [3.05, 3.63) is 17.7 Å². The minimum Gasteiger partial charge on any atom is -0.394 e. The molecule has 1 aromatic rings. The van der Waals surface area contributed by atoms with Crippen molar-refractivity contribution in [2.24, 2.45) is 5.92 Å². The van der Waals surface area contributed by atoms with E-state index in [-0.39, 0.29) is 12.6 Å². The molecule has 0 aliphatic carbocycles. The fraction of sp³-hybridized carbons (Fsp3) is 0.786. The number of hydrogen-bond acceptors (Lipinski definition) is 3. The van der Waals surface area contributed by atoms with Crippen molar-refractivity contribution in [1.82, 2.24) is 9.55 Å². The lowest BCUT2D eigenvalue weighted by molar-refractivity contribution is 0.0547. The lowest BCUT2D eigenvalue weighted by atomic mass is 9.97. The van der Waals surface area contributed by atoms with Gasteiger partial charge in [0.05, 0.1) is 18.3 Å². The summed E-state index contributed by atoms with van der Waals surface area (Å²) in [5.74, 6) is 1.79. The zero-order valence-corrected chi connectivity index (χ0v) is 10.8. The molecular weight excluding hydrogens is 228 g/mol. The molecule has 0 amide bonds. The second-order valence-electron chi connectivity index (χ2n) is 5.57. The van der Waals surface area contributed by atoms with Crippen LogP contribution in [0.3, 0.4) is 0 Å². The number of aryl methyl sites for hydroxylation is 1. The molecule has 0 aromatic carbocycles. The second-order valence-corrected chi connectivity index (χ2v) is 5.57. The number of nitrogens with zero attached hydrogens (tertiary/aromatic N) is 2. The van der Waals surface area contributed by atoms with Crippen LogP contribution in [0.25, 0.3) is 0 Å². The number of rotatable bonds is 3. The van der Waals surface area contributed by atoms with E-state index < -0.39 is 0 Å². The molecule has 1 fully saturated rings. The van der Waals surface area contributed by atoms with Gasteiger partial charge in [0.1, 0.15) is 5.82 Å². The Morgan fingerprint density at radius 1 is 1.39 bits per heavy atom. The van der Waals surface area contributed by atoms with Crippen LogP contribution in [0.15, 0.2) is 6.20 Å². The maximum absolute atomic E-state index is 9.40. The van der Waals surface area contributed by atoms with E-state index in [1.165, 1.54) is 18.5 Å². The summed E-state index contributed by atoms with van der Waals surface area (Å²) in [6, 6.07) is 0.248. The molecule has 2 atom stereocenters. The highest BCUT2D eigenvalue weighted by Gasteiger charge is 2.22. The van der Waals surface area contributed by atoms with Gasteiger partial charge in [0.15, 0.2) is 0 Å². The number of aliphatic hydroxyl groups is 1. The predicted octanol–water partition coefficient (Wildman–Crippen LogP) is 1.72. The summed E-state index contributed by atoms with van der Waals surface area (Å²) >= 11 is 0. The van der Waals surface area contributed by atoms with E-state index in [0.717, 1.165) is 44.7 Å². The lowest BCUT2D eigenvalue weighted by Gasteiger charge is -2.22. The first-order valence-electron chi connectivity index (χ1n) is 7.12. The van der Waals surface area contributed by atoms with Crippen LogP contribution >= 0.6 is 0 Å². The Bertz CT molecular complexity index is 396. The third-order valence-corrected chi connectivity index (χ3v) is 4.15. The Kier molecular flexibility index (Phi) is 3.66. The molecule has 0 bridgehead atoms. The Balaban J connectivity index is 1.71. The molecule has 0 spiro atoms. The van der Waals surface area contributed by atoms with Crippen molar-refractivity contribution in [3.63, 3.8) is 0 Å². The van der Waals surface area contributed by atoms with Gasteiger partial charge < -0.3 is 14.4 Å². The Labute approximate surface area is 108 Å². The summed E-state index contributed by atoms with van der Waals surface area (Å²) < 4.78 is 7.72. The smallest absolute Gasteiger partial charge is 0.109 e. The number of hydrogen-bond donors (Lipinski definition) is 1. The number of aliphatic hydroxyl groups excluding tert-OH is 1. The Hall–Kier alpha value is -0.870. The van der Waals surface area contributed by atoms with Gasteiger partial charge in [0, 0.05) is 25.8 Å². The van der Waals surface area contributed by atoms with E-state index in [2.05, 4.69) is 10.8 Å². The van der Waals surface area contributed by atoms with Gasteiger partial charge in [-0.3, -0.25) is 0 Å². The number of ether oxygens (including phenoxy) is 1. The van der Waals surface area contributed by atoms with E-state index in [1.54, 1.807) is 0 Å². The van der Waals surface area contributed by atoms with Crippen LogP contribution in [0.5, 0.6) is 0 Å². The average molecular weight is 250 g/mol. The molecule has 2 aliphatic heterocycles. The first-order valence-corrected chi connectivity index (χ1v) is 7.12. The van der Waals surface area contributed by atoms with Gasteiger partial charge >= 0.3 is 0 Å².